The summed E-state index contributed by atoms with van der Waals surface area (Å²) in [6, 6.07) is 111. The first-order valence-corrected chi connectivity index (χ1v) is 59.0. The quantitative estimate of drug-likeness (QED) is 0.0357. The number of aryl methyl sites for hydroxylation is 7. The van der Waals surface area contributed by atoms with E-state index in [2.05, 4.69) is 427 Å². The summed E-state index contributed by atoms with van der Waals surface area (Å²) in [7, 11) is 0. The van der Waals surface area contributed by atoms with Gasteiger partial charge in [-0.25, -0.2) is 15.0 Å². The average molecular weight is 2390 g/mol. The molecule has 0 saturated carbocycles. The minimum absolute atomic E-state index is 0.174. The Morgan fingerprint density at radius 2 is 0.458 bits per heavy atom. The molecule has 4 aliphatic carbocycles. The van der Waals surface area contributed by atoms with Gasteiger partial charge < -0.3 is 9.80 Å². The van der Waals surface area contributed by atoms with Gasteiger partial charge in [-0.15, -0.1) is 0 Å². The molecule has 732 valence electrons. The summed E-state index contributed by atoms with van der Waals surface area (Å²) in [6.07, 6.45) is 45.6. The van der Waals surface area contributed by atoms with Gasteiger partial charge in [0.25, 0.3) is 0 Å². The van der Waals surface area contributed by atoms with Crippen molar-refractivity contribution in [3.8, 4) is 56.4 Å². The molecule has 15 aromatic rings. The van der Waals surface area contributed by atoms with E-state index in [0.29, 0.717) is 17.5 Å². The van der Waals surface area contributed by atoms with Crippen LogP contribution in [-0.2, 0) is 55.8 Å². The molecule has 0 amide bonds. The molecule has 14 aromatic carbocycles. The van der Waals surface area contributed by atoms with E-state index < -0.39 is 0 Å². The zero-order valence-electron chi connectivity index (χ0n) is 83.4. The molecular weight excluding hydrogens is 2260 g/mol. The van der Waals surface area contributed by atoms with Crippen LogP contribution in [0, 0.1) is 0 Å². The lowest BCUT2D eigenvalue weighted by atomic mass is 9.65. The zero-order chi connectivity index (χ0) is 98.7. The Morgan fingerprint density at radius 1 is 0.218 bits per heavy atom. The summed E-state index contributed by atoms with van der Waals surface area (Å²) >= 11 is 29.4. The van der Waals surface area contributed by atoms with Crippen molar-refractivity contribution in [1.29, 1.82) is 0 Å². The molecule has 0 unspecified atom stereocenters. The Labute approximate surface area is 915 Å². The predicted octanol–water partition coefficient (Wildman–Crippen LogP) is 42.4. The molecule has 0 N–H and O–H groups in total. The topological polar surface area (TPSA) is 45.2 Å². The molecule has 0 bridgehead atoms. The second kappa shape index (κ2) is 52.7. The number of rotatable bonds is 42. The monoisotopic (exact) mass is 2390 g/mol. The van der Waals surface area contributed by atoms with E-state index in [1.54, 1.807) is 11.1 Å². The van der Waals surface area contributed by atoms with E-state index >= 15 is 0 Å². The van der Waals surface area contributed by atoms with Crippen LogP contribution in [0.4, 0.5) is 34.1 Å². The largest absolute Gasteiger partial charge is 0.311 e. The average Bonchev–Trinajstić information content (AvgIpc) is 1.56. The van der Waals surface area contributed by atoms with Crippen molar-refractivity contribution in [3.63, 3.8) is 0 Å². The highest BCUT2D eigenvalue weighted by Gasteiger charge is 2.48. The summed E-state index contributed by atoms with van der Waals surface area (Å²) in [6.45, 7) is 11.4. The van der Waals surface area contributed by atoms with Gasteiger partial charge in [-0.1, -0.05) is 443 Å². The molecule has 1 aromatic heterocycles. The van der Waals surface area contributed by atoms with Gasteiger partial charge in [0.15, 0.2) is 17.5 Å². The highest BCUT2D eigenvalue weighted by molar-refractivity contribution is 9.11. The van der Waals surface area contributed by atoms with Crippen LogP contribution in [0.25, 0.3) is 56.4 Å². The van der Waals surface area contributed by atoms with Crippen molar-refractivity contribution < 1.29 is 0 Å². The van der Waals surface area contributed by atoms with Gasteiger partial charge in [-0.3, -0.25) is 0 Å². The highest BCUT2D eigenvalue weighted by atomic mass is 79.9. The molecule has 1 heterocycles. The van der Waals surface area contributed by atoms with E-state index in [1.807, 2.05) is 48.5 Å². The second-order valence-corrected chi connectivity index (χ2v) is 46.5. The number of unbranched alkanes of at least 4 members (excludes halogenated alkanes) is 21. The number of halogens is 8. The fourth-order valence-corrected chi connectivity index (χ4v) is 23.7. The number of fused-ring (bicyclic) bond motifs is 8. The first kappa shape index (κ1) is 106. The zero-order valence-corrected chi connectivity index (χ0v) is 96.1. The Balaban J connectivity index is 0.000000137. The first-order valence-electron chi connectivity index (χ1n) is 52.7. The number of nitrogens with zero attached hydrogens (tertiary/aromatic N) is 5. The summed E-state index contributed by atoms with van der Waals surface area (Å²) in [5, 5.41) is 0. The van der Waals surface area contributed by atoms with Crippen molar-refractivity contribution in [3.05, 3.63) is 411 Å². The molecule has 13 heteroatoms. The van der Waals surface area contributed by atoms with Gasteiger partial charge in [-0.05, 0) is 341 Å². The van der Waals surface area contributed by atoms with Crippen molar-refractivity contribution in [2.75, 3.05) is 9.80 Å². The molecule has 19 rings (SSSR count). The van der Waals surface area contributed by atoms with Crippen LogP contribution < -0.4 is 9.80 Å². The highest BCUT2D eigenvalue weighted by Crippen LogP contribution is 2.60. The molecule has 0 saturated heterocycles. The van der Waals surface area contributed by atoms with Crippen molar-refractivity contribution in [1.82, 2.24) is 15.0 Å². The lowest BCUT2D eigenvalue weighted by Gasteiger charge is -2.36. The van der Waals surface area contributed by atoms with Crippen molar-refractivity contribution in [2.45, 2.75) is 270 Å². The Bertz CT molecular complexity index is 6260. The van der Waals surface area contributed by atoms with Crippen LogP contribution in [-0.4, -0.2) is 15.0 Å². The van der Waals surface area contributed by atoms with E-state index in [4.69, 9.17) is 15.0 Å². The minimum atomic E-state index is -0.298. The third-order valence-corrected chi connectivity index (χ3v) is 33.4. The number of anilines is 6. The van der Waals surface area contributed by atoms with Crippen LogP contribution in [0.15, 0.2) is 339 Å². The number of benzene rings is 14. The molecule has 5 nitrogen and oxygen atoms in total. The van der Waals surface area contributed by atoms with Gasteiger partial charge in [-0.2, -0.15) is 0 Å². The maximum absolute atomic E-state index is 4.86. The number of hydrogen-bond acceptors (Lipinski definition) is 5. The summed E-state index contributed by atoms with van der Waals surface area (Å²) in [4.78, 5) is 19.2. The van der Waals surface area contributed by atoms with Gasteiger partial charge >= 0.3 is 0 Å². The molecular formula is C129H135Br8N5. The standard InChI is InChI=1S/C38H38Br2N2.C33H37Br2N3.C29H20Br2.C29H40Br2/c1-3-5-7-29-9-17-33(18-10-29)41(34-19-11-30(12-20-34)8-6-4-2)37-25-27-38(28-26-37)42(35-21-13-31(39)14-22-35)36-23-15-32(40)16-24-36;1-2-3-4-5-6-7-8-9-10-11-12-25-13-15-26(16-14-25)31-36-32(27-17-21-29(34)22-18-27)38-33(37-31)28-19-23-30(35)24-20-28;30-23-9-11-25-26-12-10-24(31)16-28(26)29(27(25)15-23,21-7-5-17-1-3-19(17)13-21)22-8-6-18-2-4-20(18)14-22;1-3-5-7-9-11-13-19-29(20-14-12-10-8-6-4-2)27-21-23(30)15-17-25(27)26-18-16-24(31)22-28(26)29/h9-28H,3-8H2,1-2H3;13-24H,2-12H2,1H3;5-16H,1-4H2;15-18,21-22H,3-14,19-20H2,1-2H3. The summed E-state index contributed by atoms with van der Waals surface area (Å²) < 4.78 is 8.89. The summed E-state index contributed by atoms with van der Waals surface area (Å²) in [5.41, 5.74) is 34.1. The Hall–Kier alpha value is -8.47. The second-order valence-electron chi connectivity index (χ2n) is 39.2. The molecule has 0 atom stereocenters. The van der Waals surface area contributed by atoms with Crippen molar-refractivity contribution >= 4 is 162 Å². The Morgan fingerprint density at radius 3 is 0.761 bits per heavy atom. The van der Waals surface area contributed by atoms with Gasteiger partial charge in [0.05, 0.1) is 5.41 Å². The molecule has 0 radical (unpaired) electrons. The number of aromatic nitrogens is 3. The maximum atomic E-state index is 4.86. The third kappa shape index (κ3) is 26.7. The van der Waals surface area contributed by atoms with Crippen molar-refractivity contribution in [2.24, 2.45) is 0 Å². The van der Waals surface area contributed by atoms with Crippen LogP contribution >= 0.6 is 127 Å². The van der Waals surface area contributed by atoms with Crippen LogP contribution in [0.2, 0.25) is 0 Å². The lowest BCUT2D eigenvalue weighted by Crippen LogP contribution is -2.30. The molecule has 4 aliphatic rings. The lowest BCUT2D eigenvalue weighted by molar-refractivity contribution is 0.397. The predicted molar refractivity (Wildman–Crippen MR) is 634 cm³/mol. The van der Waals surface area contributed by atoms with Gasteiger partial charge in [0.1, 0.15) is 0 Å². The van der Waals surface area contributed by atoms with Crippen LogP contribution in [0.1, 0.15) is 287 Å². The van der Waals surface area contributed by atoms with Gasteiger partial charge in [0.2, 0.25) is 0 Å². The molecule has 0 spiro atoms. The number of hydrogen-bond donors (Lipinski definition) is 0. The minimum Gasteiger partial charge on any atom is -0.311 e. The van der Waals surface area contributed by atoms with E-state index in [9.17, 15) is 0 Å². The normalized spacial score (nSPS) is 12.9. The molecule has 0 fully saturated rings. The first-order chi connectivity index (χ1) is 69.4. The van der Waals surface area contributed by atoms with E-state index in [1.165, 1.54) is 309 Å². The fraction of sp³-hybridized carbons (Fsp3) is 0.326. The smallest absolute Gasteiger partial charge is 0.164 e. The Kier molecular flexibility index (Phi) is 39.5. The maximum Gasteiger partial charge on any atom is 0.164 e. The van der Waals surface area contributed by atoms with E-state index in [0.717, 1.165) is 85.5 Å². The van der Waals surface area contributed by atoms with Crippen LogP contribution in [0.5, 0.6) is 0 Å². The SMILES string of the molecule is Brc1ccc2c(c1)C(c1ccc3c(c1)CC3)(c1ccc3c(c1)CC3)c1cc(Br)ccc1-2.CCCCCCCCC1(CCCCCCCC)c2cc(Br)ccc2-c2ccc(Br)cc21.CCCCCCCCCCCCc1ccc(-c2nc(-c3ccc(Br)cc3)nc(-c3ccc(Br)cc3)n2)cc1.CCCCc1ccc(N(c2ccc(CCCC)cc2)c2ccc(N(c3ccc(Br)cc3)c3ccc(Br)cc3)cc2)cc1. The molecule has 0 aliphatic heterocycles. The van der Waals surface area contributed by atoms with Crippen LogP contribution in [0.3, 0.4) is 0 Å². The van der Waals surface area contributed by atoms with E-state index in [-0.39, 0.29) is 10.8 Å². The molecule has 142 heavy (non-hydrogen) atoms. The van der Waals surface area contributed by atoms with Gasteiger partial charge in [0, 0.05) is 92.0 Å². The summed E-state index contributed by atoms with van der Waals surface area (Å²) in [5.74, 6) is 2.05. The fourth-order valence-electron chi connectivity index (χ4n) is 21.2. The third-order valence-electron chi connectivity index (χ3n) is 29.3.